The number of nitrogens with one attached hydrogen (secondary N) is 1. The number of nitrogens with zero attached hydrogens (tertiary/aromatic N) is 1. The summed E-state index contributed by atoms with van der Waals surface area (Å²) in [5.74, 6) is 6.35. The highest BCUT2D eigenvalue weighted by atomic mass is 35.5. The molecule has 1 aromatic heterocycles. The molecule has 1 aliphatic carbocycles. The second-order valence-corrected chi connectivity index (χ2v) is 4.20. The molecular formula is C10H14ClN3. The molecule has 3 nitrogen and oxygen atoms in total. The Morgan fingerprint density at radius 3 is 3.00 bits per heavy atom. The van der Waals surface area contributed by atoms with Crippen LogP contribution in [0.1, 0.15) is 30.9 Å². The van der Waals surface area contributed by atoms with Gasteiger partial charge >= 0.3 is 0 Å². The first kappa shape index (κ1) is 9.90. The van der Waals surface area contributed by atoms with Crippen molar-refractivity contribution >= 4 is 11.6 Å². The molecule has 1 atom stereocenters. The zero-order chi connectivity index (χ0) is 9.97. The minimum Gasteiger partial charge on any atom is -0.271 e. The van der Waals surface area contributed by atoms with Gasteiger partial charge in [-0.25, -0.2) is 4.98 Å². The van der Waals surface area contributed by atoms with Crippen molar-refractivity contribution in [2.24, 2.45) is 11.8 Å². The summed E-state index contributed by atoms with van der Waals surface area (Å²) in [6.07, 6.45) is 5.47. The third-order valence-electron chi connectivity index (χ3n) is 2.62. The fraction of sp³-hybridized carbons (Fsp3) is 0.500. The van der Waals surface area contributed by atoms with Crippen molar-refractivity contribution in [3.8, 4) is 0 Å². The van der Waals surface area contributed by atoms with Gasteiger partial charge in [0.2, 0.25) is 0 Å². The zero-order valence-electron chi connectivity index (χ0n) is 7.91. The highest BCUT2D eigenvalue weighted by Crippen LogP contribution is 2.37. The van der Waals surface area contributed by atoms with E-state index in [1.807, 2.05) is 12.1 Å². The molecule has 0 aromatic carbocycles. The van der Waals surface area contributed by atoms with E-state index in [0.29, 0.717) is 5.15 Å². The predicted octanol–water partition coefficient (Wildman–Crippen LogP) is 2.04. The average Bonchev–Trinajstić information content (AvgIpc) is 2.98. The van der Waals surface area contributed by atoms with Gasteiger partial charge in [-0.15, -0.1) is 0 Å². The number of rotatable bonds is 4. The molecule has 1 unspecified atom stereocenters. The molecule has 0 amide bonds. The van der Waals surface area contributed by atoms with Gasteiger partial charge in [-0.05, 0) is 30.0 Å². The van der Waals surface area contributed by atoms with Gasteiger partial charge in [-0.3, -0.25) is 11.3 Å². The quantitative estimate of drug-likeness (QED) is 0.455. The molecular weight excluding hydrogens is 198 g/mol. The number of hydrazine groups is 1. The first-order chi connectivity index (χ1) is 6.79. The van der Waals surface area contributed by atoms with Crippen molar-refractivity contribution in [2.75, 3.05) is 0 Å². The van der Waals surface area contributed by atoms with E-state index in [-0.39, 0.29) is 6.04 Å². The van der Waals surface area contributed by atoms with Crippen LogP contribution in [0.5, 0.6) is 0 Å². The molecule has 1 aromatic rings. The third kappa shape index (κ3) is 2.44. The highest BCUT2D eigenvalue weighted by molar-refractivity contribution is 6.29. The van der Waals surface area contributed by atoms with Gasteiger partial charge in [0, 0.05) is 12.2 Å². The van der Waals surface area contributed by atoms with E-state index in [4.69, 9.17) is 17.4 Å². The van der Waals surface area contributed by atoms with E-state index < -0.39 is 0 Å². The Labute approximate surface area is 88.6 Å². The summed E-state index contributed by atoms with van der Waals surface area (Å²) in [6, 6.07) is 4.04. The minimum atomic E-state index is 0.211. The Balaban J connectivity index is 2.08. The highest BCUT2D eigenvalue weighted by Gasteiger charge is 2.25. The van der Waals surface area contributed by atoms with Crippen molar-refractivity contribution in [1.29, 1.82) is 0 Å². The molecule has 1 heterocycles. The molecule has 1 saturated carbocycles. The lowest BCUT2D eigenvalue weighted by Gasteiger charge is -2.15. The van der Waals surface area contributed by atoms with Gasteiger partial charge < -0.3 is 0 Å². The molecule has 0 aliphatic heterocycles. The maximum Gasteiger partial charge on any atom is 0.129 e. The number of hydrogen-bond donors (Lipinski definition) is 2. The van der Waals surface area contributed by atoms with Crippen LogP contribution in [0.25, 0.3) is 0 Å². The minimum absolute atomic E-state index is 0.211. The monoisotopic (exact) mass is 211 g/mol. The molecule has 1 aliphatic rings. The summed E-state index contributed by atoms with van der Waals surface area (Å²) in [6.45, 7) is 0. The Kier molecular flexibility index (Phi) is 3.01. The standard InChI is InChI=1S/C10H14ClN3/c11-10-6-8(3-4-13-10)9(14-12)5-7-1-2-7/h3-4,6-7,9,14H,1-2,5,12H2. The Morgan fingerprint density at radius 2 is 2.43 bits per heavy atom. The molecule has 76 valence electrons. The topological polar surface area (TPSA) is 50.9 Å². The Morgan fingerprint density at radius 1 is 1.64 bits per heavy atom. The lowest BCUT2D eigenvalue weighted by atomic mass is 10.0. The number of nitrogens with two attached hydrogens (primary N) is 1. The van der Waals surface area contributed by atoms with Crippen LogP contribution in [0, 0.1) is 5.92 Å². The van der Waals surface area contributed by atoms with E-state index in [1.54, 1.807) is 6.20 Å². The van der Waals surface area contributed by atoms with Gasteiger partial charge in [0.25, 0.3) is 0 Å². The summed E-state index contributed by atoms with van der Waals surface area (Å²) in [7, 11) is 0. The van der Waals surface area contributed by atoms with Crippen LogP contribution in [0.2, 0.25) is 5.15 Å². The SMILES string of the molecule is NNC(CC1CC1)c1ccnc(Cl)c1. The van der Waals surface area contributed by atoms with Crippen LogP contribution in [0.3, 0.4) is 0 Å². The van der Waals surface area contributed by atoms with Gasteiger partial charge in [-0.1, -0.05) is 24.4 Å². The number of halogens is 1. The molecule has 0 saturated heterocycles. The smallest absolute Gasteiger partial charge is 0.129 e. The van der Waals surface area contributed by atoms with Crippen molar-refractivity contribution in [2.45, 2.75) is 25.3 Å². The molecule has 0 spiro atoms. The summed E-state index contributed by atoms with van der Waals surface area (Å²) in [5, 5.41) is 0.526. The largest absolute Gasteiger partial charge is 0.271 e. The third-order valence-corrected chi connectivity index (χ3v) is 2.83. The summed E-state index contributed by atoms with van der Waals surface area (Å²) >= 11 is 5.82. The van der Waals surface area contributed by atoms with Crippen molar-refractivity contribution < 1.29 is 0 Å². The van der Waals surface area contributed by atoms with Crippen LogP contribution < -0.4 is 11.3 Å². The fourth-order valence-electron chi connectivity index (χ4n) is 1.62. The summed E-state index contributed by atoms with van der Waals surface area (Å²) in [4.78, 5) is 3.95. The number of pyridine rings is 1. The molecule has 0 bridgehead atoms. The second-order valence-electron chi connectivity index (χ2n) is 3.81. The van der Waals surface area contributed by atoms with E-state index in [9.17, 15) is 0 Å². The van der Waals surface area contributed by atoms with Gasteiger partial charge in [0.05, 0.1) is 0 Å². The van der Waals surface area contributed by atoms with Crippen molar-refractivity contribution in [3.63, 3.8) is 0 Å². The number of aromatic nitrogens is 1. The van der Waals surface area contributed by atoms with Gasteiger partial charge in [0.1, 0.15) is 5.15 Å². The van der Waals surface area contributed by atoms with Gasteiger partial charge in [-0.2, -0.15) is 0 Å². The van der Waals surface area contributed by atoms with E-state index in [2.05, 4.69) is 10.4 Å². The molecule has 0 radical (unpaired) electrons. The first-order valence-corrected chi connectivity index (χ1v) is 5.25. The Hall–Kier alpha value is -0.640. The molecule has 4 heteroatoms. The van der Waals surface area contributed by atoms with Crippen LogP contribution >= 0.6 is 11.6 Å². The van der Waals surface area contributed by atoms with Crippen LogP contribution in [-0.4, -0.2) is 4.98 Å². The summed E-state index contributed by atoms with van der Waals surface area (Å²) in [5.41, 5.74) is 3.95. The van der Waals surface area contributed by atoms with Crippen LogP contribution in [0.15, 0.2) is 18.3 Å². The van der Waals surface area contributed by atoms with Crippen molar-refractivity contribution in [1.82, 2.24) is 10.4 Å². The maximum atomic E-state index is 5.82. The van der Waals surface area contributed by atoms with E-state index in [1.165, 1.54) is 12.8 Å². The van der Waals surface area contributed by atoms with Crippen molar-refractivity contribution in [3.05, 3.63) is 29.0 Å². The molecule has 1 fully saturated rings. The Bertz CT molecular complexity index is 312. The van der Waals surface area contributed by atoms with E-state index >= 15 is 0 Å². The maximum absolute atomic E-state index is 5.82. The van der Waals surface area contributed by atoms with E-state index in [0.717, 1.165) is 17.9 Å². The zero-order valence-corrected chi connectivity index (χ0v) is 8.67. The van der Waals surface area contributed by atoms with Crippen LogP contribution in [0.4, 0.5) is 0 Å². The van der Waals surface area contributed by atoms with Gasteiger partial charge in [0.15, 0.2) is 0 Å². The molecule has 14 heavy (non-hydrogen) atoms. The number of hydrogen-bond acceptors (Lipinski definition) is 3. The molecule has 2 rings (SSSR count). The molecule has 3 N–H and O–H groups in total. The second kappa shape index (κ2) is 4.26. The predicted molar refractivity (Wildman–Crippen MR) is 56.7 cm³/mol. The summed E-state index contributed by atoms with van der Waals surface area (Å²) < 4.78 is 0. The normalized spacial score (nSPS) is 18.1. The lowest BCUT2D eigenvalue weighted by Crippen LogP contribution is -2.28. The first-order valence-electron chi connectivity index (χ1n) is 4.87. The fourth-order valence-corrected chi connectivity index (χ4v) is 1.80. The lowest BCUT2D eigenvalue weighted by molar-refractivity contribution is 0.487. The average molecular weight is 212 g/mol. The van der Waals surface area contributed by atoms with Crippen LogP contribution in [-0.2, 0) is 0 Å².